The number of rotatable bonds is 4. The van der Waals surface area contributed by atoms with Crippen LogP contribution in [0.5, 0.6) is 5.75 Å². The maximum atomic E-state index is 11.9. The van der Waals surface area contributed by atoms with Crippen molar-refractivity contribution in [1.82, 2.24) is 4.90 Å². The van der Waals surface area contributed by atoms with Gasteiger partial charge in [-0.05, 0) is 37.5 Å². The average Bonchev–Trinajstić information content (AvgIpc) is 2.90. The third-order valence-corrected chi connectivity index (χ3v) is 3.65. The molecule has 0 saturated carbocycles. The lowest BCUT2D eigenvalue weighted by molar-refractivity contribution is -0.132. The highest BCUT2D eigenvalue weighted by molar-refractivity contribution is 9.10. The predicted octanol–water partition coefficient (Wildman–Crippen LogP) is 2.57. The number of halogens is 1. The first-order valence-corrected chi connectivity index (χ1v) is 7.07. The Balaban J connectivity index is 2.06. The second-order valence-corrected chi connectivity index (χ2v) is 5.55. The van der Waals surface area contributed by atoms with Crippen LogP contribution in [0, 0.1) is 6.92 Å². The van der Waals surface area contributed by atoms with Crippen LogP contribution in [0.15, 0.2) is 16.6 Å². The number of carbonyl (C=O) groups excluding carboxylic acids is 2. The predicted molar refractivity (Wildman–Crippen MR) is 75.6 cm³/mol. The summed E-state index contributed by atoms with van der Waals surface area (Å²) < 4.78 is 6.37. The molecule has 0 aliphatic carbocycles. The fourth-order valence-corrected chi connectivity index (χ4v) is 2.82. The standard InChI is InChI=1S/C14H16BrNO3/c1-10-6-12(15)7-11(8-17)14(10)19-9-13(18)16-4-2-3-5-16/h6-8H,2-5,9H2,1H3. The summed E-state index contributed by atoms with van der Waals surface area (Å²) in [7, 11) is 0. The van der Waals surface area contributed by atoms with Gasteiger partial charge in [-0.3, -0.25) is 9.59 Å². The largest absolute Gasteiger partial charge is 0.483 e. The van der Waals surface area contributed by atoms with Gasteiger partial charge in [0.25, 0.3) is 5.91 Å². The number of hydrogen-bond acceptors (Lipinski definition) is 3. The van der Waals surface area contributed by atoms with Crippen LogP contribution >= 0.6 is 15.9 Å². The third kappa shape index (κ3) is 3.35. The van der Waals surface area contributed by atoms with E-state index in [9.17, 15) is 9.59 Å². The van der Waals surface area contributed by atoms with Crippen molar-refractivity contribution < 1.29 is 14.3 Å². The first kappa shape index (κ1) is 14.1. The van der Waals surface area contributed by atoms with E-state index in [1.807, 2.05) is 13.0 Å². The van der Waals surface area contributed by atoms with Gasteiger partial charge in [-0.2, -0.15) is 0 Å². The maximum absolute atomic E-state index is 11.9. The molecule has 5 heteroatoms. The Bertz CT molecular complexity index is 496. The smallest absolute Gasteiger partial charge is 0.260 e. The summed E-state index contributed by atoms with van der Waals surface area (Å²) in [6.45, 7) is 3.46. The van der Waals surface area contributed by atoms with Crippen molar-refractivity contribution >= 4 is 28.1 Å². The van der Waals surface area contributed by atoms with Gasteiger partial charge < -0.3 is 9.64 Å². The second kappa shape index (κ2) is 6.19. The lowest BCUT2D eigenvalue weighted by Gasteiger charge is -2.17. The Hall–Kier alpha value is -1.36. The quantitative estimate of drug-likeness (QED) is 0.799. The molecule has 19 heavy (non-hydrogen) atoms. The number of nitrogens with zero attached hydrogens (tertiary/aromatic N) is 1. The van der Waals surface area contributed by atoms with Crippen molar-refractivity contribution in [3.8, 4) is 5.75 Å². The molecule has 102 valence electrons. The van der Waals surface area contributed by atoms with Gasteiger partial charge in [-0.1, -0.05) is 15.9 Å². The van der Waals surface area contributed by atoms with E-state index in [-0.39, 0.29) is 12.5 Å². The lowest BCUT2D eigenvalue weighted by Crippen LogP contribution is -2.32. The van der Waals surface area contributed by atoms with E-state index in [4.69, 9.17) is 4.74 Å². The van der Waals surface area contributed by atoms with E-state index in [0.29, 0.717) is 11.3 Å². The molecule has 0 aromatic heterocycles. The van der Waals surface area contributed by atoms with Gasteiger partial charge in [0.2, 0.25) is 0 Å². The second-order valence-electron chi connectivity index (χ2n) is 4.64. The minimum atomic E-state index is -0.0170. The molecule has 2 rings (SSSR count). The van der Waals surface area contributed by atoms with E-state index in [1.54, 1.807) is 11.0 Å². The summed E-state index contributed by atoms with van der Waals surface area (Å²) >= 11 is 3.33. The Morgan fingerprint density at radius 3 is 2.74 bits per heavy atom. The first-order valence-electron chi connectivity index (χ1n) is 6.27. The number of aryl methyl sites for hydroxylation is 1. The number of hydrogen-bond donors (Lipinski definition) is 0. The molecular weight excluding hydrogens is 310 g/mol. The van der Waals surface area contributed by atoms with Crippen LogP contribution in [-0.4, -0.2) is 36.8 Å². The number of aldehydes is 1. The fraction of sp³-hybridized carbons (Fsp3) is 0.429. The highest BCUT2D eigenvalue weighted by Crippen LogP contribution is 2.27. The molecule has 1 aliphatic rings. The molecule has 0 bridgehead atoms. The maximum Gasteiger partial charge on any atom is 0.260 e. The summed E-state index contributed by atoms with van der Waals surface area (Å²) in [5.74, 6) is 0.474. The highest BCUT2D eigenvalue weighted by Gasteiger charge is 2.19. The number of amides is 1. The molecule has 0 unspecified atom stereocenters. The zero-order valence-electron chi connectivity index (χ0n) is 10.8. The van der Waals surface area contributed by atoms with Crippen molar-refractivity contribution in [2.75, 3.05) is 19.7 Å². The van der Waals surface area contributed by atoms with Crippen LogP contribution < -0.4 is 4.74 Å². The van der Waals surface area contributed by atoms with E-state index in [1.165, 1.54) is 0 Å². The molecule has 0 atom stereocenters. The summed E-state index contributed by atoms with van der Waals surface area (Å²) in [6.07, 6.45) is 2.86. The average molecular weight is 326 g/mol. The zero-order valence-corrected chi connectivity index (χ0v) is 12.4. The molecule has 1 amide bonds. The Morgan fingerprint density at radius 1 is 1.42 bits per heavy atom. The van der Waals surface area contributed by atoms with E-state index >= 15 is 0 Å². The molecule has 1 fully saturated rings. The van der Waals surface area contributed by atoms with Crippen LogP contribution in [-0.2, 0) is 4.79 Å². The van der Waals surface area contributed by atoms with Gasteiger partial charge in [0, 0.05) is 17.6 Å². The molecule has 0 spiro atoms. The number of carbonyl (C=O) groups is 2. The summed E-state index contributed by atoms with van der Waals surface area (Å²) in [5, 5.41) is 0. The third-order valence-electron chi connectivity index (χ3n) is 3.19. The van der Waals surface area contributed by atoms with Gasteiger partial charge in [-0.15, -0.1) is 0 Å². The molecule has 1 saturated heterocycles. The molecule has 0 radical (unpaired) electrons. The zero-order chi connectivity index (χ0) is 13.8. The number of likely N-dealkylation sites (tertiary alicyclic amines) is 1. The Morgan fingerprint density at radius 2 is 2.11 bits per heavy atom. The molecule has 1 aromatic rings. The normalized spacial score (nSPS) is 14.5. The Kier molecular flexibility index (Phi) is 4.58. The minimum Gasteiger partial charge on any atom is -0.483 e. The van der Waals surface area contributed by atoms with Gasteiger partial charge in [-0.25, -0.2) is 0 Å². The van der Waals surface area contributed by atoms with Crippen LogP contribution in [0.4, 0.5) is 0 Å². The van der Waals surface area contributed by atoms with Crippen LogP contribution in [0.1, 0.15) is 28.8 Å². The highest BCUT2D eigenvalue weighted by atomic mass is 79.9. The van der Waals surface area contributed by atoms with Crippen LogP contribution in [0.2, 0.25) is 0 Å². The molecule has 4 nitrogen and oxygen atoms in total. The van der Waals surface area contributed by atoms with Gasteiger partial charge in [0.1, 0.15) is 5.75 Å². The SMILES string of the molecule is Cc1cc(Br)cc(C=O)c1OCC(=O)N1CCCC1. The Labute approximate surface area is 120 Å². The molecule has 1 aromatic carbocycles. The van der Waals surface area contributed by atoms with Crippen molar-refractivity contribution in [3.05, 3.63) is 27.7 Å². The fourth-order valence-electron chi connectivity index (χ4n) is 2.23. The van der Waals surface area contributed by atoms with Gasteiger partial charge in [0.15, 0.2) is 12.9 Å². The lowest BCUT2D eigenvalue weighted by atomic mass is 10.1. The topological polar surface area (TPSA) is 46.6 Å². The summed E-state index contributed by atoms with van der Waals surface area (Å²) in [6, 6.07) is 3.55. The van der Waals surface area contributed by atoms with Crippen molar-refractivity contribution in [3.63, 3.8) is 0 Å². The number of benzene rings is 1. The number of ether oxygens (including phenoxy) is 1. The van der Waals surface area contributed by atoms with E-state index in [0.717, 1.165) is 42.3 Å². The molecular formula is C14H16BrNO3. The molecule has 1 aliphatic heterocycles. The molecule has 0 N–H and O–H groups in total. The first-order chi connectivity index (χ1) is 9.11. The molecule has 1 heterocycles. The summed E-state index contributed by atoms with van der Waals surface area (Å²) in [5.41, 5.74) is 1.30. The van der Waals surface area contributed by atoms with E-state index < -0.39 is 0 Å². The van der Waals surface area contributed by atoms with Gasteiger partial charge in [0.05, 0.1) is 5.56 Å². The summed E-state index contributed by atoms with van der Waals surface area (Å²) in [4.78, 5) is 24.7. The van der Waals surface area contributed by atoms with Gasteiger partial charge >= 0.3 is 0 Å². The monoisotopic (exact) mass is 325 g/mol. The van der Waals surface area contributed by atoms with Crippen molar-refractivity contribution in [2.45, 2.75) is 19.8 Å². The van der Waals surface area contributed by atoms with Crippen LogP contribution in [0.25, 0.3) is 0 Å². The van der Waals surface area contributed by atoms with Crippen molar-refractivity contribution in [2.24, 2.45) is 0 Å². The van der Waals surface area contributed by atoms with E-state index in [2.05, 4.69) is 15.9 Å². The minimum absolute atomic E-state index is 0.0106. The van der Waals surface area contributed by atoms with Crippen molar-refractivity contribution in [1.29, 1.82) is 0 Å². The van der Waals surface area contributed by atoms with Crippen LogP contribution in [0.3, 0.4) is 0 Å².